The van der Waals surface area contributed by atoms with E-state index in [1.807, 2.05) is 18.1 Å². The van der Waals surface area contributed by atoms with E-state index in [0.29, 0.717) is 6.54 Å². The Labute approximate surface area is 104 Å². The van der Waals surface area contributed by atoms with Crippen molar-refractivity contribution in [2.45, 2.75) is 32.0 Å². The van der Waals surface area contributed by atoms with Crippen molar-refractivity contribution in [3.8, 4) is 0 Å². The first-order chi connectivity index (χ1) is 8.19. The molecule has 3 nitrogen and oxygen atoms in total. The van der Waals surface area contributed by atoms with Gasteiger partial charge in [0.2, 0.25) is 0 Å². The zero-order valence-electron chi connectivity index (χ0n) is 10.5. The molecule has 1 aromatic heterocycles. The molecule has 2 unspecified atom stereocenters. The Hall–Kier alpha value is -1.16. The van der Waals surface area contributed by atoms with Gasteiger partial charge in [0.25, 0.3) is 0 Å². The number of aryl methyl sites for hydroxylation is 1. The molecular formula is C13H22FN3. The number of piperidine rings is 1. The normalized spacial score (nSPS) is 25.8. The first-order valence-corrected chi connectivity index (χ1v) is 6.22. The zero-order valence-corrected chi connectivity index (χ0v) is 10.5. The minimum atomic E-state index is -0.806. The molecular weight excluding hydrogens is 217 g/mol. The van der Waals surface area contributed by atoms with E-state index < -0.39 is 6.17 Å². The summed E-state index contributed by atoms with van der Waals surface area (Å²) in [7, 11) is 1.96. The lowest BCUT2D eigenvalue weighted by molar-refractivity contribution is 0.149. The van der Waals surface area contributed by atoms with Crippen LogP contribution in [0.1, 0.15) is 20.3 Å². The molecule has 0 spiro atoms. The third kappa shape index (κ3) is 3.16. The lowest BCUT2D eigenvalue weighted by Crippen LogP contribution is -2.46. The smallest absolute Gasteiger partial charge is 0.133 e. The summed E-state index contributed by atoms with van der Waals surface area (Å²) in [4.78, 5) is 6.20. The Bertz CT molecular complexity index is 375. The maximum absolute atomic E-state index is 13.8. The molecule has 17 heavy (non-hydrogen) atoms. The quantitative estimate of drug-likeness (QED) is 0.877. The number of likely N-dealkylation sites (tertiary alicyclic amines) is 1. The molecule has 1 saturated heterocycles. The molecule has 4 heteroatoms. The first kappa shape index (κ1) is 12.3. The van der Waals surface area contributed by atoms with Crippen LogP contribution in [0.25, 0.3) is 0 Å². The van der Waals surface area contributed by atoms with Crippen molar-refractivity contribution < 1.29 is 5.82 Å². The number of nitrogens with one attached hydrogen (secondary N) is 1. The van der Waals surface area contributed by atoms with Crippen LogP contribution >= 0.6 is 0 Å². The molecule has 1 N–H and O–H groups in total. The summed E-state index contributed by atoms with van der Waals surface area (Å²) >= 11 is 0. The van der Waals surface area contributed by atoms with E-state index in [-0.39, 0.29) is 7.47 Å². The van der Waals surface area contributed by atoms with Crippen molar-refractivity contribution in [1.29, 1.82) is 0 Å². The number of hydrogen-bond donors (Lipinski definition) is 1. The van der Waals surface area contributed by atoms with Crippen molar-refractivity contribution in [3.05, 3.63) is 24.0 Å². The summed E-state index contributed by atoms with van der Waals surface area (Å²) in [6.45, 7) is 3.55. The van der Waals surface area contributed by atoms with Gasteiger partial charge in [-0.1, -0.05) is 6.92 Å². The van der Waals surface area contributed by atoms with Gasteiger partial charge >= 0.3 is 0 Å². The summed E-state index contributed by atoms with van der Waals surface area (Å²) in [6.07, 6.45) is 4.61. The molecule has 0 aliphatic carbocycles. The molecule has 1 fully saturated rings. The molecule has 2 rings (SSSR count). The molecule has 1 aliphatic heterocycles. The zero-order chi connectivity index (χ0) is 12.3. The second-order valence-corrected chi connectivity index (χ2v) is 4.75. The van der Waals surface area contributed by atoms with E-state index in [9.17, 15) is 4.39 Å². The predicted octanol–water partition coefficient (Wildman–Crippen LogP) is 2.34. The van der Waals surface area contributed by atoms with E-state index in [0.717, 1.165) is 25.1 Å². The Morgan fingerprint density at radius 2 is 2.41 bits per heavy atom. The highest BCUT2D eigenvalue weighted by Gasteiger charge is 2.27. The van der Waals surface area contributed by atoms with Gasteiger partial charge in [0.15, 0.2) is 0 Å². The molecule has 1 aliphatic rings. The van der Waals surface area contributed by atoms with Crippen molar-refractivity contribution >= 4 is 5.69 Å². The number of aromatic nitrogens is 1. The van der Waals surface area contributed by atoms with Crippen LogP contribution in [0.15, 0.2) is 18.5 Å². The molecule has 0 bridgehead atoms. The van der Waals surface area contributed by atoms with E-state index in [1.165, 1.54) is 5.56 Å². The van der Waals surface area contributed by atoms with Crippen LogP contribution in [-0.4, -0.2) is 42.2 Å². The molecule has 0 radical (unpaired) electrons. The molecule has 0 saturated carbocycles. The minimum absolute atomic E-state index is 0. The fourth-order valence-electron chi connectivity index (χ4n) is 2.19. The molecule has 2 atom stereocenters. The van der Waals surface area contributed by atoms with Crippen LogP contribution in [0.5, 0.6) is 0 Å². The number of nitrogens with zero attached hydrogens (tertiary/aromatic N) is 2. The highest BCUT2D eigenvalue weighted by molar-refractivity contribution is 5.44. The molecule has 1 aromatic rings. The maximum Gasteiger partial charge on any atom is 0.133 e. The largest absolute Gasteiger partial charge is 0.378 e. The molecule has 0 amide bonds. The van der Waals surface area contributed by atoms with Gasteiger partial charge in [0.05, 0.1) is 11.7 Å². The van der Waals surface area contributed by atoms with Gasteiger partial charge in [0, 0.05) is 26.9 Å². The predicted molar refractivity (Wildman–Crippen MR) is 70.1 cm³/mol. The number of alkyl halides is 1. The summed E-state index contributed by atoms with van der Waals surface area (Å²) in [5.74, 6) is 0. The Morgan fingerprint density at radius 1 is 1.59 bits per heavy atom. The average Bonchev–Trinajstić information content (AvgIpc) is 2.33. The van der Waals surface area contributed by atoms with E-state index >= 15 is 0 Å². The number of hydrogen-bond acceptors (Lipinski definition) is 3. The van der Waals surface area contributed by atoms with Gasteiger partial charge in [-0.25, -0.2) is 4.39 Å². The van der Waals surface area contributed by atoms with Gasteiger partial charge < -0.3 is 10.2 Å². The standard InChI is InChI=1S/C13H20FN3.H2/c1-3-10-6-11(8-15-7-10)16-13-4-5-17(2)9-12(13)14;/h6-8,12-13,16H,3-5,9H2,1-2H3;1H. The van der Waals surface area contributed by atoms with Crippen LogP contribution in [0.2, 0.25) is 0 Å². The molecule has 0 aromatic carbocycles. The molecule has 96 valence electrons. The number of pyridine rings is 1. The van der Waals surface area contributed by atoms with Crippen LogP contribution < -0.4 is 5.32 Å². The molecule has 2 heterocycles. The Balaban J connectivity index is 0.00000162. The lowest BCUT2D eigenvalue weighted by Gasteiger charge is -2.33. The second-order valence-electron chi connectivity index (χ2n) is 4.75. The number of halogens is 1. The van der Waals surface area contributed by atoms with Crippen LogP contribution in [-0.2, 0) is 6.42 Å². The first-order valence-electron chi connectivity index (χ1n) is 6.22. The highest BCUT2D eigenvalue weighted by atomic mass is 19.1. The van der Waals surface area contributed by atoms with Crippen molar-refractivity contribution in [3.63, 3.8) is 0 Å². The van der Waals surface area contributed by atoms with E-state index in [2.05, 4.69) is 23.3 Å². The number of anilines is 1. The van der Waals surface area contributed by atoms with Gasteiger partial charge in [-0.3, -0.25) is 4.98 Å². The summed E-state index contributed by atoms with van der Waals surface area (Å²) in [5, 5.41) is 3.26. The van der Waals surface area contributed by atoms with E-state index in [4.69, 9.17) is 0 Å². The van der Waals surface area contributed by atoms with Gasteiger partial charge in [0.1, 0.15) is 6.17 Å². The Kier molecular flexibility index (Phi) is 3.94. The monoisotopic (exact) mass is 239 g/mol. The van der Waals surface area contributed by atoms with Crippen LogP contribution in [0.4, 0.5) is 10.1 Å². The third-order valence-corrected chi connectivity index (χ3v) is 3.30. The van der Waals surface area contributed by atoms with Gasteiger partial charge in [-0.15, -0.1) is 0 Å². The van der Waals surface area contributed by atoms with E-state index in [1.54, 1.807) is 6.20 Å². The fourth-order valence-corrected chi connectivity index (χ4v) is 2.19. The van der Waals surface area contributed by atoms with Gasteiger partial charge in [-0.05, 0) is 31.5 Å². The van der Waals surface area contributed by atoms with Crippen molar-refractivity contribution in [2.24, 2.45) is 0 Å². The summed E-state index contributed by atoms with van der Waals surface area (Å²) < 4.78 is 13.8. The topological polar surface area (TPSA) is 28.2 Å². The van der Waals surface area contributed by atoms with Crippen molar-refractivity contribution in [2.75, 3.05) is 25.5 Å². The van der Waals surface area contributed by atoms with Gasteiger partial charge in [-0.2, -0.15) is 0 Å². The minimum Gasteiger partial charge on any atom is -0.378 e. The summed E-state index contributed by atoms with van der Waals surface area (Å²) in [5.41, 5.74) is 2.11. The second kappa shape index (κ2) is 5.45. The van der Waals surface area contributed by atoms with Crippen LogP contribution in [0.3, 0.4) is 0 Å². The number of rotatable bonds is 3. The SMILES string of the molecule is CCc1cncc(NC2CCN(C)CC2F)c1.[HH]. The lowest BCUT2D eigenvalue weighted by atomic mass is 10.0. The maximum atomic E-state index is 13.8. The summed E-state index contributed by atoms with van der Waals surface area (Å²) in [6, 6.07) is 1.97. The average molecular weight is 239 g/mol. The third-order valence-electron chi connectivity index (χ3n) is 3.30. The van der Waals surface area contributed by atoms with Crippen LogP contribution in [0, 0.1) is 0 Å². The van der Waals surface area contributed by atoms with Crippen molar-refractivity contribution in [1.82, 2.24) is 9.88 Å². The Morgan fingerprint density at radius 3 is 3.12 bits per heavy atom. The fraction of sp³-hybridized carbons (Fsp3) is 0.615. The highest BCUT2D eigenvalue weighted by Crippen LogP contribution is 2.18.